The molecule has 0 aliphatic heterocycles. The van der Waals surface area contributed by atoms with E-state index in [2.05, 4.69) is 45.9 Å². The number of hydrogen-bond donors (Lipinski definition) is 0. The second-order valence-corrected chi connectivity index (χ2v) is 6.65. The van der Waals surface area contributed by atoms with Gasteiger partial charge in [0.25, 0.3) is 0 Å². The van der Waals surface area contributed by atoms with Crippen molar-refractivity contribution in [3.05, 3.63) is 52.6 Å². The van der Waals surface area contributed by atoms with Crippen LogP contribution >= 0.6 is 0 Å². The summed E-state index contributed by atoms with van der Waals surface area (Å²) in [6.07, 6.45) is 9.86. The molecule has 0 saturated heterocycles. The Bertz CT molecular complexity index is 656. The molecule has 1 aromatic carbocycles. The van der Waals surface area contributed by atoms with Crippen molar-refractivity contribution in [3.63, 3.8) is 0 Å². The molecule has 0 heterocycles. The van der Waals surface area contributed by atoms with Gasteiger partial charge in [-0.25, -0.2) is 0 Å². The fourth-order valence-corrected chi connectivity index (χ4v) is 3.07. The van der Waals surface area contributed by atoms with Crippen LogP contribution in [0.25, 0.3) is 5.57 Å². The Hall–Kier alpha value is -2.00. The summed E-state index contributed by atoms with van der Waals surface area (Å²) in [5, 5.41) is 0. The lowest BCUT2D eigenvalue weighted by Gasteiger charge is -2.18. The van der Waals surface area contributed by atoms with E-state index in [1.807, 2.05) is 19.1 Å². The molecule has 3 heteroatoms. The van der Waals surface area contributed by atoms with Crippen molar-refractivity contribution in [1.82, 2.24) is 0 Å². The summed E-state index contributed by atoms with van der Waals surface area (Å²) in [6, 6.07) is 4.09. The van der Waals surface area contributed by atoms with Crippen molar-refractivity contribution in [1.29, 1.82) is 0 Å². The molecule has 0 aromatic heterocycles. The standard InChI is InChI=1S/C24H36O3/c1-8-11-18(4)13-14-21(19(5)12-9-2)24-22(25-6)15-20(17-27-10-3)16-23(24)26-7/h12-16H,8-11,17H2,1-7H3/b18-13-,19-12-,21-14+. The normalized spacial score (nSPS) is 13.1. The van der Waals surface area contributed by atoms with Gasteiger partial charge < -0.3 is 14.2 Å². The topological polar surface area (TPSA) is 27.7 Å². The predicted molar refractivity (Wildman–Crippen MR) is 116 cm³/mol. The zero-order valence-electron chi connectivity index (χ0n) is 18.1. The molecule has 0 spiro atoms. The molecule has 0 fully saturated rings. The summed E-state index contributed by atoms with van der Waals surface area (Å²) in [5.41, 5.74) is 5.74. The van der Waals surface area contributed by atoms with Gasteiger partial charge in [0.05, 0.1) is 26.4 Å². The Morgan fingerprint density at radius 3 is 2.07 bits per heavy atom. The van der Waals surface area contributed by atoms with Crippen LogP contribution in [0.15, 0.2) is 41.5 Å². The SMILES string of the molecule is CC\C=C(C)/C(=C\C=C(\C)CCC)c1c(OC)cc(COCC)cc1OC. The van der Waals surface area contributed by atoms with E-state index in [1.165, 1.54) is 11.1 Å². The highest BCUT2D eigenvalue weighted by Crippen LogP contribution is 2.40. The van der Waals surface area contributed by atoms with Crippen LogP contribution in [0.3, 0.4) is 0 Å². The summed E-state index contributed by atoms with van der Waals surface area (Å²) in [6.45, 7) is 11.9. The molecule has 0 aliphatic carbocycles. The van der Waals surface area contributed by atoms with E-state index < -0.39 is 0 Å². The van der Waals surface area contributed by atoms with Gasteiger partial charge in [0.15, 0.2) is 0 Å². The number of ether oxygens (including phenoxy) is 3. The van der Waals surface area contributed by atoms with E-state index in [0.717, 1.165) is 47.5 Å². The highest BCUT2D eigenvalue weighted by Gasteiger charge is 2.18. The first-order chi connectivity index (χ1) is 13.0. The lowest BCUT2D eigenvalue weighted by Crippen LogP contribution is -2.01. The Morgan fingerprint density at radius 2 is 1.59 bits per heavy atom. The minimum Gasteiger partial charge on any atom is -0.496 e. The first-order valence-electron chi connectivity index (χ1n) is 9.89. The van der Waals surface area contributed by atoms with E-state index >= 15 is 0 Å². The number of hydrogen-bond acceptors (Lipinski definition) is 3. The Balaban J connectivity index is 3.57. The minimum atomic E-state index is 0.543. The maximum atomic E-state index is 5.75. The van der Waals surface area contributed by atoms with Crippen LogP contribution in [0.4, 0.5) is 0 Å². The summed E-state index contributed by atoms with van der Waals surface area (Å²) in [4.78, 5) is 0. The maximum absolute atomic E-state index is 5.75. The monoisotopic (exact) mass is 372 g/mol. The molecule has 0 saturated carbocycles. The van der Waals surface area contributed by atoms with E-state index in [-0.39, 0.29) is 0 Å². The summed E-state index contributed by atoms with van der Waals surface area (Å²) < 4.78 is 17.1. The summed E-state index contributed by atoms with van der Waals surface area (Å²) >= 11 is 0. The van der Waals surface area contributed by atoms with E-state index in [4.69, 9.17) is 14.2 Å². The summed E-state index contributed by atoms with van der Waals surface area (Å²) in [7, 11) is 3.41. The zero-order chi connectivity index (χ0) is 20.2. The highest BCUT2D eigenvalue weighted by atomic mass is 16.5. The second-order valence-electron chi connectivity index (χ2n) is 6.65. The van der Waals surface area contributed by atoms with E-state index in [0.29, 0.717) is 13.2 Å². The van der Waals surface area contributed by atoms with Crippen LogP contribution in [-0.2, 0) is 11.3 Å². The molecular formula is C24H36O3. The van der Waals surface area contributed by atoms with Gasteiger partial charge in [-0.1, -0.05) is 44.1 Å². The quantitative estimate of drug-likeness (QED) is 0.403. The largest absolute Gasteiger partial charge is 0.496 e. The van der Waals surface area contributed by atoms with Crippen LogP contribution < -0.4 is 9.47 Å². The highest BCUT2D eigenvalue weighted by molar-refractivity contribution is 5.86. The third-order valence-corrected chi connectivity index (χ3v) is 4.42. The lowest BCUT2D eigenvalue weighted by molar-refractivity contribution is 0.133. The van der Waals surface area contributed by atoms with Gasteiger partial charge in [-0.15, -0.1) is 0 Å². The molecule has 3 nitrogen and oxygen atoms in total. The van der Waals surface area contributed by atoms with Gasteiger partial charge in [0, 0.05) is 6.61 Å². The Morgan fingerprint density at radius 1 is 0.963 bits per heavy atom. The molecular weight excluding hydrogens is 336 g/mol. The van der Waals surface area contributed by atoms with Crippen molar-refractivity contribution in [2.24, 2.45) is 0 Å². The number of benzene rings is 1. The first kappa shape index (κ1) is 23.0. The van der Waals surface area contributed by atoms with Crippen molar-refractivity contribution in [2.75, 3.05) is 20.8 Å². The smallest absolute Gasteiger partial charge is 0.130 e. The third-order valence-electron chi connectivity index (χ3n) is 4.42. The van der Waals surface area contributed by atoms with Crippen LogP contribution in [0.2, 0.25) is 0 Å². The number of rotatable bonds is 11. The fourth-order valence-electron chi connectivity index (χ4n) is 3.07. The number of allylic oxidation sites excluding steroid dienone is 6. The van der Waals surface area contributed by atoms with Gasteiger partial charge in [-0.05, 0) is 62.5 Å². The third kappa shape index (κ3) is 6.91. The van der Waals surface area contributed by atoms with Crippen molar-refractivity contribution >= 4 is 5.57 Å². The van der Waals surface area contributed by atoms with Crippen LogP contribution in [-0.4, -0.2) is 20.8 Å². The van der Waals surface area contributed by atoms with Crippen molar-refractivity contribution in [2.45, 2.75) is 60.5 Å². The average molecular weight is 373 g/mol. The second kappa shape index (κ2) is 12.4. The molecule has 0 radical (unpaired) electrons. The summed E-state index contributed by atoms with van der Waals surface area (Å²) in [5.74, 6) is 1.61. The Kier molecular flexibility index (Phi) is 10.6. The van der Waals surface area contributed by atoms with E-state index in [1.54, 1.807) is 14.2 Å². The predicted octanol–water partition coefficient (Wildman–Crippen LogP) is 6.73. The number of methoxy groups -OCH3 is 2. The molecule has 1 aromatic rings. The minimum absolute atomic E-state index is 0.543. The van der Waals surface area contributed by atoms with Crippen LogP contribution in [0.5, 0.6) is 11.5 Å². The Labute approximate surface area is 165 Å². The molecule has 0 amide bonds. The molecule has 0 unspecified atom stereocenters. The maximum Gasteiger partial charge on any atom is 0.130 e. The molecule has 27 heavy (non-hydrogen) atoms. The molecule has 0 bridgehead atoms. The van der Waals surface area contributed by atoms with Gasteiger partial charge in [-0.3, -0.25) is 0 Å². The van der Waals surface area contributed by atoms with Crippen molar-refractivity contribution < 1.29 is 14.2 Å². The van der Waals surface area contributed by atoms with Gasteiger partial charge in [0.2, 0.25) is 0 Å². The average Bonchev–Trinajstić information content (AvgIpc) is 2.66. The van der Waals surface area contributed by atoms with E-state index in [9.17, 15) is 0 Å². The van der Waals surface area contributed by atoms with Crippen molar-refractivity contribution in [3.8, 4) is 11.5 Å². The van der Waals surface area contributed by atoms with Crippen LogP contribution in [0.1, 0.15) is 65.0 Å². The van der Waals surface area contributed by atoms with Gasteiger partial charge in [-0.2, -0.15) is 0 Å². The molecule has 1 rings (SSSR count). The molecule has 0 N–H and O–H groups in total. The van der Waals surface area contributed by atoms with Gasteiger partial charge >= 0.3 is 0 Å². The lowest BCUT2D eigenvalue weighted by atomic mass is 9.94. The zero-order valence-corrected chi connectivity index (χ0v) is 18.1. The van der Waals surface area contributed by atoms with Gasteiger partial charge in [0.1, 0.15) is 11.5 Å². The van der Waals surface area contributed by atoms with Crippen LogP contribution in [0, 0.1) is 0 Å². The fraction of sp³-hybridized carbons (Fsp3) is 0.500. The first-order valence-corrected chi connectivity index (χ1v) is 9.89. The molecule has 0 aliphatic rings. The molecule has 0 atom stereocenters. The molecule has 150 valence electrons.